The van der Waals surface area contributed by atoms with Crippen LogP contribution in [0.2, 0.25) is 0 Å². The summed E-state index contributed by atoms with van der Waals surface area (Å²) in [4.78, 5) is 3.82. The van der Waals surface area contributed by atoms with Gasteiger partial charge in [0, 0.05) is 16.5 Å². The van der Waals surface area contributed by atoms with E-state index >= 15 is 0 Å². The molecule has 0 spiro atoms. The predicted octanol–water partition coefficient (Wildman–Crippen LogP) is 3.00. The normalized spacial score (nSPS) is 17.1. The third-order valence-electron chi connectivity index (χ3n) is 3.92. The summed E-state index contributed by atoms with van der Waals surface area (Å²) in [5.41, 5.74) is 0.208. The van der Waals surface area contributed by atoms with Crippen molar-refractivity contribution >= 4 is 11.3 Å². The van der Waals surface area contributed by atoms with E-state index in [2.05, 4.69) is 62.6 Å². The standard InChI is InChI=1S/C14H26N2S/c1-6-14(3,16(4)5)13(15-7-2)11-12-9-8-10-17-12/h8-10,13,15H,6-7,11H2,1-5H3. The van der Waals surface area contributed by atoms with Gasteiger partial charge in [0.1, 0.15) is 0 Å². The van der Waals surface area contributed by atoms with E-state index in [-0.39, 0.29) is 5.54 Å². The van der Waals surface area contributed by atoms with E-state index in [0.29, 0.717) is 6.04 Å². The van der Waals surface area contributed by atoms with Crippen molar-refractivity contribution in [2.75, 3.05) is 20.6 Å². The Labute approximate surface area is 110 Å². The van der Waals surface area contributed by atoms with Crippen LogP contribution in [0, 0.1) is 0 Å². The molecule has 0 aliphatic heterocycles. The molecule has 3 heteroatoms. The summed E-state index contributed by atoms with van der Waals surface area (Å²) in [5, 5.41) is 5.82. The highest BCUT2D eigenvalue weighted by Gasteiger charge is 2.34. The van der Waals surface area contributed by atoms with Crippen LogP contribution in [-0.2, 0) is 6.42 Å². The largest absolute Gasteiger partial charge is 0.312 e. The molecule has 2 nitrogen and oxygen atoms in total. The van der Waals surface area contributed by atoms with E-state index in [1.54, 1.807) is 0 Å². The Morgan fingerprint density at radius 1 is 1.41 bits per heavy atom. The zero-order valence-corrected chi connectivity index (χ0v) is 12.6. The van der Waals surface area contributed by atoms with E-state index in [9.17, 15) is 0 Å². The van der Waals surface area contributed by atoms with Crippen LogP contribution in [0.4, 0.5) is 0 Å². The Morgan fingerprint density at radius 3 is 2.53 bits per heavy atom. The number of hydrogen-bond acceptors (Lipinski definition) is 3. The first kappa shape index (κ1) is 14.7. The topological polar surface area (TPSA) is 15.3 Å². The van der Waals surface area contributed by atoms with Crippen LogP contribution in [0.25, 0.3) is 0 Å². The van der Waals surface area contributed by atoms with Crippen LogP contribution in [0.1, 0.15) is 32.1 Å². The van der Waals surface area contributed by atoms with Gasteiger partial charge in [0.2, 0.25) is 0 Å². The number of thiophene rings is 1. The summed E-state index contributed by atoms with van der Waals surface area (Å²) >= 11 is 1.86. The molecule has 1 N–H and O–H groups in total. The van der Waals surface area contributed by atoms with Crippen LogP contribution in [-0.4, -0.2) is 37.1 Å². The van der Waals surface area contributed by atoms with E-state index in [1.165, 1.54) is 4.88 Å². The molecule has 1 aromatic rings. The molecule has 17 heavy (non-hydrogen) atoms. The maximum absolute atomic E-state index is 3.66. The molecule has 0 aromatic carbocycles. The van der Waals surface area contributed by atoms with Crippen LogP contribution < -0.4 is 5.32 Å². The number of nitrogens with one attached hydrogen (secondary N) is 1. The van der Waals surface area contributed by atoms with Gasteiger partial charge < -0.3 is 10.2 Å². The highest BCUT2D eigenvalue weighted by Crippen LogP contribution is 2.25. The number of nitrogens with zero attached hydrogens (tertiary/aromatic N) is 1. The van der Waals surface area contributed by atoms with Gasteiger partial charge in [0.05, 0.1) is 0 Å². The van der Waals surface area contributed by atoms with Gasteiger partial charge in [-0.3, -0.25) is 0 Å². The minimum absolute atomic E-state index is 0.208. The first-order valence-electron chi connectivity index (χ1n) is 6.47. The molecule has 0 aliphatic rings. The molecule has 2 atom stereocenters. The smallest absolute Gasteiger partial charge is 0.0329 e. The molecule has 0 radical (unpaired) electrons. The summed E-state index contributed by atoms with van der Waals surface area (Å²) < 4.78 is 0. The Balaban J connectivity index is 2.83. The van der Waals surface area contributed by atoms with E-state index < -0.39 is 0 Å². The zero-order valence-electron chi connectivity index (χ0n) is 11.8. The molecule has 1 rings (SSSR count). The molecular formula is C14H26N2S. The maximum Gasteiger partial charge on any atom is 0.0329 e. The first-order chi connectivity index (χ1) is 8.04. The van der Waals surface area contributed by atoms with Crippen molar-refractivity contribution in [1.82, 2.24) is 10.2 Å². The van der Waals surface area contributed by atoms with E-state index in [1.807, 2.05) is 11.3 Å². The molecule has 0 fully saturated rings. The Kier molecular flexibility index (Phi) is 5.63. The van der Waals surface area contributed by atoms with Gasteiger partial charge in [-0.1, -0.05) is 19.9 Å². The second-order valence-corrected chi connectivity index (χ2v) is 6.03. The van der Waals surface area contributed by atoms with Crippen molar-refractivity contribution in [3.05, 3.63) is 22.4 Å². The Bertz CT molecular complexity index is 308. The fourth-order valence-corrected chi connectivity index (χ4v) is 3.01. The van der Waals surface area contributed by atoms with Crippen molar-refractivity contribution in [3.63, 3.8) is 0 Å². The number of likely N-dealkylation sites (N-methyl/N-ethyl adjacent to an activating group) is 2. The van der Waals surface area contributed by atoms with Gasteiger partial charge in [-0.15, -0.1) is 11.3 Å². The second-order valence-electron chi connectivity index (χ2n) is 5.00. The minimum Gasteiger partial charge on any atom is -0.312 e. The van der Waals surface area contributed by atoms with Gasteiger partial charge in [-0.05, 0) is 51.9 Å². The summed E-state index contributed by atoms with van der Waals surface area (Å²) in [5.74, 6) is 0. The van der Waals surface area contributed by atoms with Gasteiger partial charge >= 0.3 is 0 Å². The molecule has 0 bridgehead atoms. The van der Waals surface area contributed by atoms with Crippen molar-refractivity contribution in [2.45, 2.75) is 45.2 Å². The fourth-order valence-electron chi connectivity index (χ4n) is 2.26. The van der Waals surface area contributed by atoms with Crippen LogP contribution in [0.5, 0.6) is 0 Å². The molecule has 0 amide bonds. The monoisotopic (exact) mass is 254 g/mol. The Hall–Kier alpha value is -0.380. The summed E-state index contributed by atoms with van der Waals surface area (Å²) in [6.07, 6.45) is 2.27. The number of rotatable bonds is 7. The second kappa shape index (κ2) is 6.53. The lowest BCUT2D eigenvalue weighted by molar-refractivity contribution is 0.113. The summed E-state index contributed by atoms with van der Waals surface area (Å²) in [6, 6.07) is 4.88. The highest BCUT2D eigenvalue weighted by atomic mass is 32.1. The average molecular weight is 254 g/mol. The molecule has 0 saturated heterocycles. The van der Waals surface area contributed by atoms with E-state index in [0.717, 1.165) is 19.4 Å². The van der Waals surface area contributed by atoms with Crippen molar-refractivity contribution < 1.29 is 0 Å². The van der Waals surface area contributed by atoms with Crippen molar-refractivity contribution in [3.8, 4) is 0 Å². The minimum atomic E-state index is 0.208. The average Bonchev–Trinajstić information content (AvgIpc) is 2.80. The molecular weight excluding hydrogens is 228 g/mol. The van der Waals surface area contributed by atoms with Crippen molar-refractivity contribution in [2.24, 2.45) is 0 Å². The van der Waals surface area contributed by atoms with Gasteiger partial charge in [0.25, 0.3) is 0 Å². The quantitative estimate of drug-likeness (QED) is 0.805. The van der Waals surface area contributed by atoms with E-state index in [4.69, 9.17) is 0 Å². The SMILES string of the molecule is CCNC(Cc1cccs1)C(C)(CC)N(C)C. The van der Waals surface area contributed by atoms with Crippen LogP contribution in [0.15, 0.2) is 17.5 Å². The number of hydrogen-bond donors (Lipinski definition) is 1. The molecule has 98 valence electrons. The van der Waals surface area contributed by atoms with Crippen LogP contribution in [0.3, 0.4) is 0 Å². The molecule has 0 aliphatic carbocycles. The van der Waals surface area contributed by atoms with Gasteiger partial charge in [-0.2, -0.15) is 0 Å². The molecule has 1 heterocycles. The van der Waals surface area contributed by atoms with Crippen molar-refractivity contribution in [1.29, 1.82) is 0 Å². The fraction of sp³-hybridized carbons (Fsp3) is 0.714. The maximum atomic E-state index is 3.66. The third-order valence-corrected chi connectivity index (χ3v) is 4.82. The summed E-state index contributed by atoms with van der Waals surface area (Å²) in [6.45, 7) is 7.85. The molecule has 2 unspecified atom stereocenters. The van der Waals surface area contributed by atoms with Crippen LogP contribution >= 0.6 is 11.3 Å². The lowest BCUT2D eigenvalue weighted by Gasteiger charge is -2.43. The van der Waals surface area contributed by atoms with Gasteiger partial charge in [-0.25, -0.2) is 0 Å². The lowest BCUT2D eigenvalue weighted by atomic mass is 9.85. The third kappa shape index (κ3) is 3.54. The molecule has 0 saturated carbocycles. The first-order valence-corrected chi connectivity index (χ1v) is 7.35. The zero-order chi connectivity index (χ0) is 12.9. The molecule has 1 aromatic heterocycles. The lowest BCUT2D eigenvalue weighted by Crippen LogP contribution is -2.57. The predicted molar refractivity (Wildman–Crippen MR) is 77.9 cm³/mol. The summed E-state index contributed by atoms with van der Waals surface area (Å²) in [7, 11) is 4.37. The van der Waals surface area contributed by atoms with Gasteiger partial charge in [0.15, 0.2) is 0 Å². The Morgan fingerprint density at radius 2 is 2.12 bits per heavy atom. The highest BCUT2D eigenvalue weighted by molar-refractivity contribution is 7.09.